The molecule has 2 rings (SSSR count). The molecule has 6 nitrogen and oxygen atoms in total. The second kappa shape index (κ2) is 5.18. The van der Waals surface area contributed by atoms with E-state index >= 15 is 0 Å². The third-order valence-electron chi connectivity index (χ3n) is 3.61. The number of hydrogen-bond acceptors (Lipinski definition) is 5. The molecular weight excluding hydrogens is 282 g/mol. The van der Waals surface area contributed by atoms with Gasteiger partial charge in [-0.2, -0.15) is 8.42 Å². The van der Waals surface area contributed by atoms with Crippen LogP contribution in [0.3, 0.4) is 0 Å². The maximum absolute atomic E-state index is 12.2. The molecule has 2 atom stereocenters. The molecule has 2 saturated heterocycles. The van der Waals surface area contributed by atoms with E-state index in [0.717, 1.165) is 19.1 Å². The quantitative estimate of drug-likeness (QED) is 0.728. The summed E-state index contributed by atoms with van der Waals surface area (Å²) in [7, 11) is -3.44. The van der Waals surface area contributed by atoms with Gasteiger partial charge in [0.1, 0.15) is 5.60 Å². The first-order chi connectivity index (χ1) is 9.05. The minimum absolute atomic E-state index is 0.0235. The first kappa shape index (κ1) is 15.6. The lowest BCUT2D eigenvalue weighted by Gasteiger charge is -2.38. The normalized spacial score (nSPS) is 30.4. The third-order valence-corrected chi connectivity index (χ3v) is 4.23. The first-order valence-electron chi connectivity index (χ1n) is 6.95. The average molecular weight is 305 g/mol. The van der Waals surface area contributed by atoms with Crippen LogP contribution in [-0.2, 0) is 19.0 Å². The van der Waals surface area contributed by atoms with Gasteiger partial charge in [0, 0.05) is 12.1 Å². The fourth-order valence-corrected chi connectivity index (χ4v) is 3.72. The SMILES string of the molecule is CC(C)(C)OC(=O)N1[C@@H]2CC[C@@H]1CC(OS(C)(=O)=O)C2. The van der Waals surface area contributed by atoms with E-state index in [1.807, 2.05) is 20.8 Å². The van der Waals surface area contributed by atoms with Crippen LogP contribution in [0.4, 0.5) is 4.79 Å². The molecule has 2 aliphatic rings. The predicted molar refractivity (Wildman–Crippen MR) is 73.8 cm³/mol. The van der Waals surface area contributed by atoms with E-state index in [2.05, 4.69) is 0 Å². The van der Waals surface area contributed by atoms with Gasteiger partial charge >= 0.3 is 6.09 Å². The Balaban J connectivity index is 2.02. The number of amides is 1. The lowest BCUT2D eigenvalue weighted by molar-refractivity contribution is -0.00599. The fourth-order valence-electron chi connectivity index (χ4n) is 3.07. The molecule has 2 bridgehead atoms. The van der Waals surface area contributed by atoms with Gasteiger partial charge < -0.3 is 9.64 Å². The molecular formula is C13H23NO5S. The molecule has 116 valence electrons. The summed E-state index contributed by atoms with van der Waals surface area (Å²) < 4.78 is 32.9. The topological polar surface area (TPSA) is 72.9 Å². The minimum atomic E-state index is -3.44. The maximum atomic E-state index is 12.2. The van der Waals surface area contributed by atoms with Gasteiger partial charge in [-0.1, -0.05) is 0 Å². The summed E-state index contributed by atoms with van der Waals surface area (Å²) in [6.07, 6.45) is 3.32. The Hall–Kier alpha value is -0.820. The Labute approximate surface area is 120 Å². The van der Waals surface area contributed by atoms with Crippen molar-refractivity contribution in [2.45, 2.75) is 70.2 Å². The maximum Gasteiger partial charge on any atom is 0.410 e. The number of piperidine rings is 1. The molecule has 2 fully saturated rings. The summed E-state index contributed by atoms with van der Waals surface area (Å²) in [5.74, 6) is 0. The highest BCUT2D eigenvalue weighted by molar-refractivity contribution is 7.86. The first-order valence-corrected chi connectivity index (χ1v) is 8.76. The number of rotatable bonds is 2. The third kappa shape index (κ3) is 3.85. The van der Waals surface area contributed by atoms with Gasteiger partial charge in [0.05, 0.1) is 12.4 Å². The highest BCUT2D eigenvalue weighted by Gasteiger charge is 2.45. The second-order valence-corrected chi connectivity index (χ2v) is 8.27. The number of fused-ring (bicyclic) bond motifs is 2. The molecule has 0 N–H and O–H groups in total. The van der Waals surface area contributed by atoms with Crippen LogP contribution in [-0.4, -0.2) is 49.5 Å². The number of hydrogen-bond donors (Lipinski definition) is 0. The summed E-state index contributed by atoms with van der Waals surface area (Å²) in [4.78, 5) is 14.0. The van der Waals surface area contributed by atoms with Gasteiger partial charge in [-0.3, -0.25) is 4.18 Å². The Kier molecular flexibility index (Phi) is 4.03. The number of nitrogens with zero attached hydrogens (tertiary/aromatic N) is 1. The zero-order valence-electron chi connectivity index (χ0n) is 12.5. The zero-order chi connectivity index (χ0) is 15.1. The Morgan fingerprint density at radius 1 is 1.15 bits per heavy atom. The number of carbonyl (C=O) groups excluding carboxylic acids is 1. The molecule has 7 heteroatoms. The Morgan fingerprint density at radius 2 is 1.65 bits per heavy atom. The van der Waals surface area contributed by atoms with E-state index in [-0.39, 0.29) is 24.3 Å². The summed E-state index contributed by atoms with van der Waals surface area (Å²) in [6, 6.07) is 0.0469. The van der Waals surface area contributed by atoms with E-state index in [1.54, 1.807) is 4.90 Å². The largest absolute Gasteiger partial charge is 0.444 e. The van der Waals surface area contributed by atoms with Crippen molar-refractivity contribution in [3.8, 4) is 0 Å². The van der Waals surface area contributed by atoms with Gasteiger partial charge in [0.25, 0.3) is 10.1 Å². The highest BCUT2D eigenvalue weighted by Crippen LogP contribution is 2.38. The van der Waals surface area contributed by atoms with E-state index in [0.29, 0.717) is 12.8 Å². The molecule has 0 spiro atoms. The molecule has 0 unspecified atom stereocenters. The van der Waals surface area contributed by atoms with Crippen LogP contribution in [0.5, 0.6) is 0 Å². The summed E-state index contributed by atoms with van der Waals surface area (Å²) in [5.41, 5.74) is -0.517. The zero-order valence-corrected chi connectivity index (χ0v) is 13.3. The molecule has 0 aromatic carbocycles. The molecule has 1 amide bonds. The molecule has 0 aromatic heterocycles. The van der Waals surface area contributed by atoms with E-state index in [1.165, 1.54) is 0 Å². The molecule has 2 heterocycles. The van der Waals surface area contributed by atoms with Crippen molar-refractivity contribution in [2.24, 2.45) is 0 Å². The lowest BCUT2D eigenvalue weighted by atomic mass is 10.0. The number of ether oxygens (including phenoxy) is 1. The molecule has 0 aliphatic carbocycles. The van der Waals surface area contributed by atoms with Gasteiger partial charge in [-0.15, -0.1) is 0 Å². The summed E-state index contributed by atoms with van der Waals surface area (Å²) in [5, 5.41) is 0. The van der Waals surface area contributed by atoms with Crippen LogP contribution in [0.25, 0.3) is 0 Å². The van der Waals surface area contributed by atoms with E-state index < -0.39 is 15.7 Å². The predicted octanol–water partition coefficient (Wildman–Crippen LogP) is 1.89. The van der Waals surface area contributed by atoms with Crippen molar-refractivity contribution >= 4 is 16.2 Å². The van der Waals surface area contributed by atoms with Crippen molar-refractivity contribution in [2.75, 3.05) is 6.26 Å². The molecule has 0 saturated carbocycles. The highest BCUT2D eigenvalue weighted by atomic mass is 32.2. The summed E-state index contributed by atoms with van der Waals surface area (Å²) in [6.45, 7) is 5.52. The van der Waals surface area contributed by atoms with Crippen LogP contribution in [0.2, 0.25) is 0 Å². The van der Waals surface area contributed by atoms with Crippen LogP contribution in [0, 0.1) is 0 Å². The van der Waals surface area contributed by atoms with E-state index in [9.17, 15) is 13.2 Å². The minimum Gasteiger partial charge on any atom is -0.444 e. The molecule has 0 radical (unpaired) electrons. The van der Waals surface area contributed by atoms with Crippen molar-refractivity contribution < 1.29 is 22.1 Å². The second-order valence-electron chi connectivity index (χ2n) is 6.67. The molecule has 2 aliphatic heterocycles. The van der Waals surface area contributed by atoms with Crippen molar-refractivity contribution in [1.29, 1.82) is 0 Å². The van der Waals surface area contributed by atoms with Crippen molar-refractivity contribution in [3.05, 3.63) is 0 Å². The van der Waals surface area contributed by atoms with Crippen LogP contribution >= 0.6 is 0 Å². The smallest absolute Gasteiger partial charge is 0.410 e. The summed E-state index contributed by atoms with van der Waals surface area (Å²) >= 11 is 0. The van der Waals surface area contributed by atoms with Gasteiger partial charge in [-0.05, 0) is 46.5 Å². The monoisotopic (exact) mass is 305 g/mol. The van der Waals surface area contributed by atoms with Crippen molar-refractivity contribution in [3.63, 3.8) is 0 Å². The van der Waals surface area contributed by atoms with Gasteiger partial charge in [0.2, 0.25) is 0 Å². The molecule has 0 aromatic rings. The molecule has 20 heavy (non-hydrogen) atoms. The van der Waals surface area contributed by atoms with Gasteiger partial charge in [-0.25, -0.2) is 4.79 Å². The Bertz CT molecular complexity index is 467. The standard InChI is InChI=1S/C13H23NO5S/c1-13(2,3)18-12(15)14-9-5-6-10(14)8-11(7-9)19-20(4,16)17/h9-11H,5-8H2,1-4H3/t9-,10-/m1/s1. The van der Waals surface area contributed by atoms with Crippen LogP contribution in [0.15, 0.2) is 0 Å². The average Bonchev–Trinajstić information content (AvgIpc) is 2.46. The van der Waals surface area contributed by atoms with Crippen LogP contribution in [0.1, 0.15) is 46.5 Å². The van der Waals surface area contributed by atoms with Crippen molar-refractivity contribution in [1.82, 2.24) is 4.90 Å². The fraction of sp³-hybridized carbons (Fsp3) is 0.923. The number of carbonyl (C=O) groups is 1. The Morgan fingerprint density at radius 3 is 2.05 bits per heavy atom. The van der Waals surface area contributed by atoms with Crippen LogP contribution < -0.4 is 0 Å². The van der Waals surface area contributed by atoms with Gasteiger partial charge in [0.15, 0.2) is 0 Å². The van der Waals surface area contributed by atoms with E-state index in [4.69, 9.17) is 8.92 Å². The lowest BCUT2D eigenvalue weighted by Crippen LogP contribution is -2.50.